The van der Waals surface area contributed by atoms with E-state index in [-0.39, 0.29) is 24.4 Å². The molecule has 2 atom stereocenters. The van der Waals surface area contributed by atoms with E-state index < -0.39 is 0 Å². The summed E-state index contributed by atoms with van der Waals surface area (Å²) in [6, 6.07) is 14.8. The number of likely N-dealkylation sites (N-methyl/N-ethyl adjacent to an activating group) is 1. The number of amides is 2. The highest BCUT2D eigenvalue weighted by Gasteiger charge is 2.26. The molecular weight excluding hydrogens is 394 g/mol. The van der Waals surface area contributed by atoms with Crippen LogP contribution in [0.1, 0.15) is 38.3 Å². The molecule has 2 amide bonds. The number of nitrogens with one attached hydrogen (secondary N) is 3. The van der Waals surface area contributed by atoms with E-state index in [1.807, 2.05) is 45.0 Å². The summed E-state index contributed by atoms with van der Waals surface area (Å²) in [6.45, 7) is 8.43. The van der Waals surface area contributed by atoms with Crippen LogP contribution in [-0.4, -0.2) is 35.1 Å². The highest BCUT2D eigenvalue weighted by Crippen LogP contribution is 2.20. The van der Waals surface area contributed by atoms with Crippen molar-refractivity contribution in [1.82, 2.24) is 10.2 Å². The molecule has 0 spiro atoms. The van der Waals surface area contributed by atoms with E-state index in [4.69, 9.17) is 4.42 Å². The van der Waals surface area contributed by atoms with Gasteiger partial charge in [-0.15, -0.1) is 10.2 Å². The van der Waals surface area contributed by atoms with Crippen LogP contribution in [0.15, 0.2) is 52.9 Å². The van der Waals surface area contributed by atoms with Gasteiger partial charge in [0.05, 0.1) is 6.54 Å². The topological polar surface area (TPSA) is 102 Å². The fourth-order valence-corrected chi connectivity index (χ4v) is 3.31. The van der Waals surface area contributed by atoms with Gasteiger partial charge in [-0.05, 0) is 57.2 Å². The predicted octanol–water partition coefficient (Wildman–Crippen LogP) is 2.61. The summed E-state index contributed by atoms with van der Waals surface area (Å²) in [5, 5.41) is 14.0. The van der Waals surface area contributed by atoms with Crippen LogP contribution in [-0.2, 0) is 9.59 Å². The van der Waals surface area contributed by atoms with Gasteiger partial charge in [-0.2, -0.15) is 0 Å². The van der Waals surface area contributed by atoms with Crippen molar-refractivity contribution in [1.29, 1.82) is 0 Å². The van der Waals surface area contributed by atoms with Gasteiger partial charge in [-0.1, -0.05) is 17.7 Å². The predicted molar refractivity (Wildman–Crippen MR) is 119 cm³/mol. The SMILES string of the molecule is CC[NH+](CC(=O)Nc1ccc(NC(C)=O)cc1)[C@H](C)c1nnc(-c2cccc(C)c2)o1. The summed E-state index contributed by atoms with van der Waals surface area (Å²) in [4.78, 5) is 24.7. The Kier molecular flexibility index (Phi) is 7.15. The quantitative estimate of drug-likeness (QED) is 0.518. The highest BCUT2D eigenvalue weighted by atomic mass is 16.4. The average molecular weight is 423 g/mol. The molecular formula is C23H28N5O3+. The normalized spacial score (nSPS) is 12.8. The van der Waals surface area contributed by atoms with Gasteiger partial charge < -0.3 is 20.0 Å². The molecule has 0 aliphatic heterocycles. The van der Waals surface area contributed by atoms with Crippen molar-refractivity contribution >= 4 is 23.2 Å². The third-order valence-electron chi connectivity index (χ3n) is 5.02. The Morgan fingerprint density at radius 1 is 1.06 bits per heavy atom. The molecule has 3 rings (SSSR count). The van der Waals surface area contributed by atoms with E-state index in [1.54, 1.807) is 24.3 Å². The van der Waals surface area contributed by atoms with E-state index in [2.05, 4.69) is 20.8 Å². The standard InChI is InChI=1S/C23H27N5O3/c1-5-28(14-21(30)25-20-11-9-19(10-12-20)24-17(4)29)16(3)22-26-27-23(31-22)18-8-6-7-15(2)13-18/h6-13,16H,5,14H2,1-4H3,(H,24,29)(H,25,30)/p+1/t16-/m1/s1. The first-order valence-corrected chi connectivity index (χ1v) is 10.3. The monoisotopic (exact) mass is 422 g/mol. The van der Waals surface area contributed by atoms with Crippen molar-refractivity contribution in [2.75, 3.05) is 23.7 Å². The number of aryl methyl sites for hydroxylation is 1. The molecule has 8 heteroatoms. The van der Waals surface area contributed by atoms with Crippen molar-refractivity contribution in [3.63, 3.8) is 0 Å². The molecule has 0 aliphatic rings. The lowest BCUT2D eigenvalue weighted by Crippen LogP contribution is -3.12. The number of rotatable bonds is 8. The molecule has 1 heterocycles. The number of carbonyl (C=O) groups is 2. The molecule has 0 saturated heterocycles. The number of quaternary nitrogens is 1. The Bertz CT molecular complexity index is 1050. The van der Waals surface area contributed by atoms with E-state index >= 15 is 0 Å². The summed E-state index contributed by atoms with van der Waals surface area (Å²) in [6.07, 6.45) is 0. The molecule has 162 valence electrons. The summed E-state index contributed by atoms with van der Waals surface area (Å²) in [5.41, 5.74) is 3.35. The van der Waals surface area contributed by atoms with Gasteiger partial charge in [-0.3, -0.25) is 9.59 Å². The number of hydrogen-bond donors (Lipinski definition) is 3. The van der Waals surface area contributed by atoms with Gasteiger partial charge in [-0.25, -0.2) is 0 Å². The molecule has 0 bridgehead atoms. The van der Waals surface area contributed by atoms with Crippen LogP contribution in [0.2, 0.25) is 0 Å². The van der Waals surface area contributed by atoms with Crippen LogP contribution in [0, 0.1) is 6.92 Å². The second kappa shape index (κ2) is 9.99. The largest absolute Gasteiger partial charge is 0.415 e. The minimum absolute atomic E-state index is 0.116. The molecule has 0 fully saturated rings. The molecule has 3 N–H and O–H groups in total. The zero-order valence-corrected chi connectivity index (χ0v) is 18.2. The van der Waals surface area contributed by atoms with E-state index in [1.165, 1.54) is 6.92 Å². The first kappa shape index (κ1) is 22.2. The number of hydrogen-bond acceptors (Lipinski definition) is 5. The fourth-order valence-electron chi connectivity index (χ4n) is 3.31. The lowest BCUT2D eigenvalue weighted by Gasteiger charge is -2.21. The maximum atomic E-state index is 12.6. The maximum absolute atomic E-state index is 12.6. The maximum Gasteiger partial charge on any atom is 0.279 e. The second-order valence-corrected chi connectivity index (χ2v) is 7.53. The van der Waals surface area contributed by atoms with E-state index in [9.17, 15) is 9.59 Å². The molecule has 0 saturated carbocycles. The Labute approximate surface area is 181 Å². The first-order chi connectivity index (χ1) is 14.9. The molecule has 8 nitrogen and oxygen atoms in total. The third kappa shape index (κ3) is 5.99. The molecule has 2 aromatic carbocycles. The number of nitrogens with zero attached hydrogens (tertiary/aromatic N) is 2. The van der Waals surface area contributed by atoms with Crippen LogP contribution < -0.4 is 15.5 Å². The summed E-state index contributed by atoms with van der Waals surface area (Å²) >= 11 is 0. The smallest absolute Gasteiger partial charge is 0.279 e. The van der Waals surface area contributed by atoms with Crippen molar-refractivity contribution in [3.8, 4) is 11.5 Å². The Morgan fingerprint density at radius 2 is 1.74 bits per heavy atom. The molecule has 0 aliphatic carbocycles. The average Bonchev–Trinajstić information content (AvgIpc) is 3.23. The Balaban J connectivity index is 1.62. The fraction of sp³-hybridized carbons (Fsp3) is 0.304. The molecule has 1 unspecified atom stereocenters. The summed E-state index contributed by atoms with van der Waals surface area (Å²) in [7, 11) is 0. The van der Waals surface area contributed by atoms with Crippen LogP contribution in [0.4, 0.5) is 11.4 Å². The number of carbonyl (C=O) groups excluding carboxylic acids is 2. The van der Waals surface area contributed by atoms with Crippen LogP contribution in [0.5, 0.6) is 0 Å². The molecule has 31 heavy (non-hydrogen) atoms. The van der Waals surface area contributed by atoms with E-state index in [0.717, 1.165) is 22.6 Å². The lowest BCUT2D eigenvalue weighted by atomic mass is 10.1. The van der Waals surface area contributed by atoms with Crippen LogP contribution in [0.25, 0.3) is 11.5 Å². The van der Waals surface area contributed by atoms with Crippen LogP contribution >= 0.6 is 0 Å². The summed E-state index contributed by atoms with van der Waals surface area (Å²) in [5.74, 6) is 0.722. The minimum Gasteiger partial charge on any atom is -0.415 e. The van der Waals surface area contributed by atoms with Gasteiger partial charge in [0.15, 0.2) is 12.6 Å². The van der Waals surface area contributed by atoms with Crippen LogP contribution in [0.3, 0.4) is 0 Å². The Hall–Kier alpha value is -3.52. The van der Waals surface area contributed by atoms with Crippen molar-refractivity contribution < 1.29 is 18.9 Å². The molecule has 0 radical (unpaired) electrons. The van der Waals surface area contributed by atoms with E-state index in [0.29, 0.717) is 23.2 Å². The van der Waals surface area contributed by atoms with Gasteiger partial charge in [0.25, 0.3) is 11.8 Å². The summed E-state index contributed by atoms with van der Waals surface area (Å²) < 4.78 is 5.90. The van der Waals surface area contributed by atoms with Gasteiger partial charge in [0.2, 0.25) is 11.8 Å². The van der Waals surface area contributed by atoms with Crippen molar-refractivity contribution in [2.45, 2.75) is 33.7 Å². The lowest BCUT2D eigenvalue weighted by molar-refractivity contribution is -0.921. The number of aromatic nitrogens is 2. The van der Waals surface area contributed by atoms with Gasteiger partial charge in [0, 0.05) is 23.9 Å². The molecule has 3 aromatic rings. The zero-order chi connectivity index (χ0) is 22.4. The molecule has 1 aromatic heterocycles. The van der Waals surface area contributed by atoms with Crippen molar-refractivity contribution in [3.05, 3.63) is 60.0 Å². The second-order valence-electron chi connectivity index (χ2n) is 7.53. The third-order valence-corrected chi connectivity index (χ3v) is 5.02. The number of benzene rings is 2. The Morgan fingerprint density at radius 3 is 2.35 bits per heavy atom. The van der Waals surface area contributed by atoms with Crippen molar-refractivity contribution in [2.24, 2.45) is 0 Å². The highest BCUT2D eigenvalue weighted by molar-refractivity contribution is 5.92. The van der Waals surface area contributed by atoms with Gasteiger partial charge in [0.1, 0.15) is 0 Å². The first-order valence-electron chi connectivity index (χ1n) is 10.3. The van der Waals surface area contributed by atoms with Gasteiger partial charge >= 0.3 is 0 Å². The number of anilines is 2. The minimum atomic E-state index is -0.139. The zero-order valence-electron chi connectivity index (χ0n) is 18.2.